The number of carbonyl (C=O) groups excluding carboxylic acids is 1. The number of alkyl halides is 3. The van der Waals surface area contributed by atoms with E-state index in [1.807, 2.05) is 0 Å². The lowest BCUT2D eigenvalue weighted by molar-refractivity contribution is -0.137. The van der Waals surface area contributed by atoms with Crippen molar-refractivity contribution < 1.29 is 18.0 Å². The molecule has 9 heteroatoms. The molecule has 1 unspecified atom stereocenters. The molecule has 1 aromatic carbocycles. The monoisotopic (exact) mass is 425 g/mol. The number of benzene rings is 1. The van der Waals surface area contributed by atoms with Crippen LogP contribution in [0, 0.1) is 0 Å². The van der Waals surface area contributed by atoms with E-state index in [1.54, 1.807) is 7.05 Å². The lowest BCUT2D eigenvalue weighted by atomic mass is 10.1. The number of likely N-dealkylation sites (tertiary alicyclic amines) is 1. The molecule has 1 saturated carbocycles. The van der Waals surface area contributed by atoms with Crippen molar-refractivity contribution in [3.05, 3.63) is 35.4 Å². The molecule has 0 bridgehead atoms. The molecule has 2 aliphatic rings. The van der Waals surface area contributed by atoms with E-state index in [4.69, 9.17) is 0 Å². The number of nitrogens with one attached hydrogen (secondary N) is 3. The molecule has 1 aromatic rings. The van der Waals surface area contributed by atoms with Crippen molar-refractivity contribution in [2.45, 2.75) is 50.4 Å². The van der Waals surface area contributed by atoms with Crippen LogP contribution in [0.3, 0.4) is 0 Å². The van der Waals surface area contributed by atoms with E-state index >= 15 is 0 Å². The molecular formula is C21H30F3N5O. The van der Waals surface area contributed by atoms with Crippen molar-refractivity contribution >= 4 is 11.9 Å². The van der Waals surface area contributed by atoms with Gasteiger partial charge in [0.25, 0.3) is 5.91 Å². The first-order chi connectivity index (χ1) is 14.4. The quantitative estimate of drug-likeness (QED) is 0.372. The zero-order valence-corrected chi connectivity index (χ0v) is 17.3. The fourth-order valence-electron chi connectivity index (χ4n) is 4.16. The Bertz CT molecular complexity index is 729. The van der Waals surface area contributed by atoms with Crippen LogP contribution in [0.25, 0.3) is 0 Å². The molecule has 0 radical (unpaired) electrons. The second-order valence-corrected chi connectivity index (χ2v) is 7.89. The highest BCUT2D eigenvalue weighted by atomic mass is 19.4. The Kier molecular flexibility index (Phi) is 7.58. The topological polar surface area (TPSA) is 68.8 Å². The van der Waals surface area contributed by atoms with Gasteiger partial charge in [0.1, 0.15) is 0 Å². The first-order valence-electron chi connectivity index (χ1n) is 10.5. The summed E-state index contributed by atoms with van der Waals surface area (Å²) in [6.07, 6.45) is 1.95. The molecular weight excluding hydrogens is 395 g/mol. The van der Waals surface area contributed by atoms with Crippen molar-refractivity contribution in [3.8, 4) is 0 Å². The zero-order valence-electron chi connectivity index (χ0n) is 17.3. The zero-order chi connectivity index (χ0) is 21.6. The van der Waals surface area contributed by atoms with Crippen molar-refractivity contribution in [1.82, 2.24) is 20.9 Å². The average Bonchev–Trinajstić information content (AvgIpc) is 3.41. The van der Waals surface area contributed by atoms with Crippen LogP contribution < -0.4 is 16.0 Å². The Morgan fingerprint density at radius 1 is 1.10 bits per heavy atom. The summed E-state index contributed by atoms with van der Waals surface area (Å²) < 4.78 is 37.8. The van der Waals surface area contributed by atoms with Gasteiger partial charge in [-0.1, -0.05) is 12.8 Å². The van der Waals surface area contributed by atoms with Gasteiger partial charge in [-0.2, -0.15) is 13.2 Å². The number of hydrogen-bond acceptors (Lipinski definition) is 3. The summed E-state index contributed by atoms with van der Waals surface area (Å²) in [6.45, 7) is 2.93. The van der Waals surface area contributed by atoms with E-state index in [-0.39, 0.29) is 5.56 Å². The van der Waals surface area contributed by atoms with Crippen LogP contribution in [-0.2, 0) is 6.18 Å². The Morgan fingerprint density at radius 3 is 2.40 bits per heavy atom. The summed E-state index contributed by atoms with van der Waals surface area (Å²) in [6, 6.07) is 5.28. The third-order valence-electron chi connectivity index (χ3n) is 5.80. The Labute approximate surface area is 175 Å². The van der Waals surface area contributed by atoms with E-state index in [2.05, 4.69) is 25.8 Å². The summed E-state index contributed by atoms with van der Waals surface area (Å²) in [5, 5.41) is 9.31. The molecule has 3 rings (SSSR count). The number of nitrogens with zero attached hydrogens (tertiary/aromatic N) is 2. The van der Waals surface area contributed by atoms with Crippen LogP contribution in [0.15, 0.2) is 29.3 Å². The molecule has 1 aliphatic carbocycles. The molecule has 2 fully saturated rings. The van der Waals surface area contributed by atoms with Gasteiger partial charge in [0, 0.05) is 50.9 Å². The summed E-state index contributed by atoms with van der Waals surface area (Å²) in [5.74, 6) is 0.286. The molecule has 3 N–H and O–H groups in total. The summed E-state index contributed by atoms with van der Waals surface area (Å²) in [5.41, 5.74) is -0.572. The van der Waals surface area contributed by atoms with Crippen molar-refractivity contribution in [3.63, 3.8) is 0 Å². The van der Waals surface area contributed by atoms with Gasteiger partial charge >= 0.3 is 6.18 Å². The first kappa shape index (κ1) is 22.4. The number of carbonyl (C=O) groups is 1. The highest BCUT2D eigenvalue weighted by Crippen LogP contribution is 2.29. The highest BCUT2D eigenvalue weighted by Gasteiger charge is 2.31. The van der Waals surface area contributed by atoms with Gasteiger partial charge in [-0.05, 0) is 43.5 Å². The predicted molar refractivity (Wildman–Crippen MR) is 111 cm³/mol. The Hall–Kier alpha value is -2.29. The summed E-state index contributed by atoms with van der Waals surface area (Å²) in [7, 11) is 1.71. The Morgan fingerprint density at radius 2 is 1.77 bits per heavy atom. The Balaban J connectivity index is 1.36. The molecule has 1 saturated heterocycles. The normalized spacial score (nSPS) is 21.1. The van der Waals surface area contributed by atoms with Crippen LogP contribution >= 0.6 is 0 Å². The number of aliphatic imine (C=N–C) groups is 1. The largest absolute Gasteiger partial charge is 0.416 e. The maximum absolute atomic E-state index is 12.6. The fraction of sp³-hybridized carbons (Fsp3) is 0.619. The molecule has 1 heterocycles. The smallest absolute Gasteiger partial charge is 0.355 e. The van der Waals surface area contributed by atoms with E-state index in [1.165, 1.54) is 37.8 Å². The van der Waals surface area contributed by atoms with Crippen LogP contribution in [0.1, 0.15) is 48.0 Å². The maximum atomic E-state index is 12.6. The summed E-state index contributed by atoms with van der Waals surface area (Å²) >= 11 is 0. The number of hydrogen-bond donors (Lipinski definition) is 3. The van der Waals surface area contributed by atoms with Gasteiger partial charge in [0.05, 0.1) is 5.56 Å². The minimum Gasteiger partial charge on any atom is -0.355 e. The van der Waals surface area contributed by atoms with Crippen molar-refractivity contribution in [2.75, 3.05) is 33.2 Å². The maximum Gasteiger partial charge on any atom is 0.416 e. The molecule has 6 nitrogen and oxygen atoms in total. The van der Waals surface area contributed by atoms with Crippen LogP contribution in [0.4, 0.5) is 13.2 Å². The molecule has 166 valence electrons. The van der Waals surface area contributed by atoms with Gasteiger partial charge in [-0.15, -0.1) is 0 Å². The number of amides is 1. The van der Waals surface area contributed by atoms with E-state index in [0.29, 0.717) is 25.1 Å². The molecule has 1 atom stereocenters. The summed E-state index contributed by atoms with van der Waals surface area (Å²) in [4.78, 5) is 18.9. The number of rotatable bonds is 6. The molecule has 1 amide bonds. The van der Waals surface area contributed by atoms with Gasteiger partial charge in [-0.3, -0.25) is 14.7 Å². The van der Waals surface area contributed by atoms with Gasteiger partial charge in [0.15, 0.2) is 5.96 Å². The van der Waals surface area contributed by atoms with Crippen molar-refractivity contribution in [2.24, 2.45) is 4.99 Å². The third-order valence-corrected chi connectivity index (χ3v) is 5.80. The third kappa shape index (κ3) is 6.10. The van der Waals surface area contributed by atoms with Crippen LogP contribution in [0.5, 0.6) is 0 Å². The van der Waals surface area contributed by atoms with Crippen LogP contribution in [-0.4, -0.2) is 62.1 Å². The second-order valence-electron chi connectivity index (χ2n) is 7.89. The predicted octanol–water partition coefficient (Wildman–Crippen LogP) is 2.62. The number of halogens is 3. The van der Waals surface area contributed by atoms with Crippen molar-refractivity contribution in [1.29, 1.82) is 0 Å². The van der Waals surface area contributed by atoms with Gasteiger partial charge < -0.3 is 16.0 Å². The average molecular weight is 425 g/mol. The minimum absolute atomic E-state index is 0.198. The lowest BCUT2D eigenvalue weighted by Crippen LogP contribution is -2.47. The second kappa shape index (κ2) is 10.1. The fourth-order valence-corrected chi connectivity index (χ4v) is 4.16. The molecule has 30 heavy (non-hydrogen) atoms. The molecule has 0 spiro atoms. The highest BCUT2D eigenvalue weighted by molar-refractivity contribution is 5.94. The molecule has 0 aromatic heterocycles. The van der Waals surface area contributed by atoms with E-state index < -0.39 is 17.6 Å². The lowest BCUT2D eigenvalue weighted by Gasteiger charge is -2.24. The van der Waals surface area contributed by atoms with Gasteiger partial charge in [-0.25, -0.2) is 0 Å². The molecule has 1 aliphatic heterocycles. The standard InChI is InChI=1S/C21H30F3N5O/c1-25-20(28-17-10-13-29(14-17)18-4-2-3-5-18)27-12-11-26-19(30)15-6-8-16(9-7-15)21(22,23)24/h6-9,17-18H,2-5,10-14H2,1H3,(H,26,30)(H2,25,27,28). The van der Waals surface area contributed by atoms with E-state index in [0.717, 1.165) is 37.7 Å². The SMILES string of the molecule is CN=C(NCCNC(=O)c1ccc(C(F)(F)F)cc1)NC1CCN(C2CCCC2)C1. The minimum atomic E-state index is -4.41. The first-order valence-corrected chi connectivity index (χ1v) is 10.5. The van der Waals surface area contributed by atoms with Crippen LogP contribution in [0.2, 0.25) is 0 Å². The van der Waals surface area contributed by atoms with E-state index in [9.17, 15) is 18.0 Å². The number of guanidine groups is 1. The van der Waals surface area contributed by atoms with Gasteiger partial charge in [0.2, 0.25) is 0 Å².